The summed E-state index contributed by atoms with van der Waals surface area (Å²) in [5.41, 5.74) is 0. The molecule has 0 radical (unpaired) electrons. The molecule has 44 heavy (non-hydrogen) atoms. The minimum atomic E-state index is -1.64. The van der Waals surface area contributed by atoms with Crippen LogP contribution in [0, 0.1) is 5.92 Å². The molecule has 3 aliphatic heterocycles. The minimum absolute atomic E-state index is 0.149. The topological polar surface area (TPSA) is 251 Å². The monoisotopic (exact) mass is 636 g/mol. The number of ether oxygens (including phenoxy) is 6. The van der Waals surface area contributed by atoms with Crippen LogP contribution in [-0.4, -0.2) is 180 Å². The van der Waals surface area contributed by atoms with Gasteiger partial charge in [-0.25, -0.2) is 4.99 Å². The lowest BCUT2D eigenvalue weighted by molar-refractivity contribution is -0.339. The van der Waals surface area contributed by atoms with Crippen LogP contribution in [0.5, 0.6) is 0 Å². The summed E-state index contributed by atoms with van der Waals surface area (Å²) >= 11 is 0. The summed E-state index contributed by atoms with van der Waals surface area (Å²) < 4.78 is 34.8. The van der Waals surface area contributed by atoms with Crippen molar-refractivity contribution in [2.75, 3.05) is 41.0 Å². The zero-order valence-electron chi connectivity index (χ0n) is 25.1. The van der Waals surface area contributed by atoms with E-state index >= 15 is 0 Å². The maximum absolute atomic E-state index is 12.2. The van der Waals surface area contributed by atoms with Crippen molar-refractivity contribution in [3.8, 4) is 0 Å². The first kappa shape index (κ1) is 34.6. The molecule has 18 nitrogen and oxygen atoms in total. The van der Waals surface area contributed by atoms with Crippen LogP contribution in [0.4, 0.5) is 0 Å². The maximum atomic E-state index is 12.2. The van der Waals surface area contributed by atoms with E-state index in [9.17, 15) is 40.2 Å². The van der Waals surface area contributed by atoms with Crippen molar-refractivity contribution >= 4 is 17.8 Å². The summed E-state index contributed by atoms with van der Waals surface area (Å²) in [4.78, 5) is 30.1. The van der Waals surface area contributed by atoms with Crippen molar-refractivity contribution in [3.63, 3.8) is 0 Å². The van der Waals surface area contributed by atoms with E-state index in [1.165, 1.54) is 21.0 Å². The fraction of sp³-hybridized carbons (Fsp3) is 0.885. The van der Waals surface area contributed by atoms with Gasteiger partial charge in [-0.3, -0.25) is 9.59 Å². The second-order valence-corrected chi connectivity index (χ2v) is 11.6. The number of amidine groups is 1. The van der Waals surface area contributed by atoms with Crippen molar-refractivity contribution in [3.05, 3.63) is 0 Å². The first-order valence-electron chi connectivity index (χ1n) is 14.3. The summed E-state index contributed by atoms with van der Waals surface area (Å²) in [6, 6.07) is -3.11. The van der Waals surface area contributed by atoms with Gasteiger partial charge in [0, 0.05) is 35.1 Å². The van der Waals surface area contributed by atoms with E-state index in [4.69, 9.17) is 28.4 Å². The number of hydrogen-bond donors (Lipinski definition) is 8. The second kappa shape index (κ2) is 14.5. The molecule has 4 aliphatic rings. The lowest BCUT2D eigenvalue weighted by Gasteiger charge is -2.48. The van der Waals surface area contributed by atoms with Crippen molar-refractivity contribution in [2.24, 2.45) is 10.9 Å². The third-order valence-corrected chi connectivity index (χ3v) is 8.17. The highest BCUT2D eigenvalue weighted by Gasteiger charge is 2.58. The van der Waals surface area contributed by atoms with Crippen LogP contribution in [0.1, 0.15) is 13.8 Å². The Balaban J connectivity index is 1.57. The third kappa shape index (κ3) is 6.95. The quantitative estimate of drug-likeness (QED) is 0.111. The van der Waals surface area contributed by atoms with Gasteiger partial charge in [0.2, 0.25) is 11.8 Å². The van der Waals surface area contributed by atoms with Gasteiger partial charge >= 0.3 is 0 Å². The lowest BCUT2D eigenvalue weighted by Crippen LogP contribution is -2.69. The normalized spacial score (nSPS) is 43.5. The van der Waals surface area contributed by atoms with Crippen molar-refractivity contribution in [1.82, 2.24) is 15.5 Å². The lowest BCUT2D eigenvalue weighted by atomic mass is 9.94. The third-order valence-electron chi connectivity index (χ3n) is 8.17. The number of aliphatic imine (C=N–C) groups is 1. The second-order valence-electron chi connectivity index (χ2n) is 11.6. The van der Waals surface area contributed by atoms with E-state index in [2.05, 4.69) is 15.6 Å². The molecule has 18 heteroatoms. The molecule has 1 saturated carbocycles. The van der Waals surface area contributed by atoms with Gasteiger partial charge in [-0.2, -0.15) is 0 Å². The smallest absolute Gasteiger partial charge is 0.287 e. The first-order valence-corrected chi connectivity index (χ1v) is 14.3. The van der Waals surface area contributed by atoms with Crippen molar-refractivity contribution in [2.45, 2.75) is 99.5 Å². The first-order chi connectivity index (χ1) is 20.8. The predicted molar refractivity (Wildman–Crippen MR) is 146 cm³/mol. The van der Waals surface area contributed by atoms with Crippen LogP contribution in [0.3, 0.4) is 0 Å². The largest absolute Gasteiger partial charge is 0.459 e. The van der Waals surface area contributed by atoms with Gasteiger partial charge in [-0.15, -0.1) is 0 Å². The number of nitrogens with one attached hydrogen (secondary N) is 2. The van der Waals surface area contributed by atoms with Crippen molar-refractivity contribution in [1.29, 1.82) is 0 Å². The molecular weight excluding hydrogens is 592 g/mol. The van der Waals surface area contributed by atoms with E-state index in [1.54, 1.807) is 19.0 Å². The van der Waals surface area contributed by atoms with Gasteiger partial charge in [-0.1, -0.05) is 0 Å². The molecule has 252 valence electrons. The molecule has 3 heterocycles. The van der Waals surface area contributed by atoms with Crippen LogP contribution in [0.25, 0.3) is 0 Å². The molecule has 4 rings (SSSR count). The maximum Gasteiger partial charge on any atom is 0.287 e. The minimum Gasteiger partial charge on any atom is -0.459 e. The van der Waals surface area contributed by atoms with E-state index < -0.39 is 117 Å². The average molecular weight is 637 g/mol. The fourth-order valence-corrected chi connectivity index (χ4v) is 6.07. The van der Waals surface area contributed by atoms with E-state index in [-0.39, 0.29) is 12.6 Å². The Morgan fingerprint density at radius 3 is 1.93 bits per heavy atom. The molecule has 8 N–H and O–H groups in total. The molecule has 0 bridgehead atoms. The predicted octanol–water partition coefficient (Wildman–Crippen LogP) is -5.39. The van der Waals surface area contributed by atoms with Crippen LogP contribution in [0.2, 0.25) is 0 Å². The molecular formula is C26H44N4O14. The molecule has 15 atom stereocenters. The van der Waals surface area contributed by atoms with Crippen molar-refractivity contribution < 1.29 is 68.6 Å². The SMILES string of the molecule is COC[C@H]1O[C@@H](O[C@H]2[C@@H](O)[C@@H](NC(C)=O)[C@H](O[C@H]3[C@H](O)[C@H]4N=C(N(C)C)O[C@H]4[C@@H]3CO)O[C@@H]2CO)[C@H](NC(C)=O)[C@H](O)[C@@H]1O. The number of carbonyl (C=O) groups excluding carboxylic acids is 2. The molecule has 0 aromatic heterocycles. The van der Waals surface area contributed by atoms with Gasteiger partial charge < -0.3 is 74.6 Å². The number of carbonyl (C=O) groups is 2. The molecule has 0 unspecified atom stereocenters. The average Bonchev–Trinajstić information content (AvgIpc) is 3.50. The fourth-order valence-electron chi connectivity index (χ4n) is 6.07. The molecule has 3 fully saturated rings. The molecule has 2 saturated heterocycles. The van der Waals surface area contributed by atoms with Gasteiger partial charge in [-0.05, 0) is 0 Å². The Kier molecular flexibility index (Phi) is 11.4. The molecule has 1 aliphatic carbocycles. The zero-order chi connectivity index (χ0) is 32.5. The molecule has 2 amide bonds. The van der Waals surface area contributed by atoms with E-state index in [0.29, 0.717) is 0 Å². The number of hydrogen-bond acceptors (Lipinski definition) is 16. The van der Waals surface area contributed by atoms with E-state index in [0.717, 1.165) is 0 Å². The highest BCUT2D eigenvalue weighted by Crippen LogP contribution is 2.39. The molecule has 0 aromatic carbocycles. The summed E-state index contributed by atoms with van der Waals surface area (Å²) in [6.45, 7) is 1.06. The number of rotatable bonds is 10. The van der Waals surface area contributed by atoms with Crippen LogP contribution >= 0.6 is 0 Å². The number of methoxy groups -OCH3 is 1. The summed E-state index contributed by atoms with van der Waals surface area (Å²) in [5.74, 6) is -1.92. The number of aliphatic hydroxyl groups is 6. The Morgan fingerprint density at radius 2 is 1.41 bits per heavy atom. The Bertz CT molecular complexity index is 1040. The number of nitrogens with zero attached hydrogens (tertiary/aromatic N) is 2. The number of fused-ring (bicyclic) bond motifs is 1. The number of aliphatic hydroxyl groups excluding tert-OH is 6. The van der Waals surface area contributed by atoms with Gasteiger partial charge in [0.1, 0.15) is 67.0 Å². The standard InChI is InChI=1S/C26H44N4O14/c1-9(33)27-15-18(36)17(35)13(8-39-5)41-24(15)43-23-12(7-32)40-25(16(20(23)38)28-10(2)34)42-22-11(6-31)21-14(19(22)37)29-26(44-21)30(3)4/h11-25,31-32,35-38H,6-8H2,1-5H3,(H,27,33)(H,28,34)/t11-,12+,13+,14+,15+,16+,17+,18-,19+,20-,21-,22+,23+,24-,25-/m0/s1. The Hall–Kier alpha value is -2.23. The molecule has 0 aromatic rings. The van der Waals surface area contributed by atoms with Gasteiger partial charge in [0.25, 0.3) is 6.02 Å². The van der Waals surface area contributed by atoms with Gasteiger partial charge in [0.15, 0.2) is 12.6 Å². The Labute approximate surface area is 253 Å². The summed E-state index contributed by atoms with van der Waals surface area (Å²) in [7, 11) is 4.79. The highest BCUT2D eigenvalue weighted by atomic mass is 16.7. The zero-order valence-corrected chi connectivity index (χ0v) is 25.1. The number of amides is 2. The van der Waals surface area contributed by atoms with E-state index in [1.807, 2.05) is 0 Å². The molecule has 0 spiro atoms. The van der Waals surface area contributed by atoms with Crippen LogP contribution in [0.15, 0.2) is 4.99 Å². The summed E-state index contributed by atoms with van der Waals surface area (Å²) in [5, 5.41) is 69.3. The highest BCUT2D eigenvalue weighted by molar-refractivity contribution is 5.76. The Morgan fingerprint density at radius 1 is 0.841 bits per heavy atom. The van der Waals surface area contributed by atoms with Gasteiger partial charge in [0.05, 0.1) is 31.8 Å². The van der Waals surface area contributed by atoms with Crippen LogP contribution in [-0.2, 0) is 38.0 Å². The van der Waals surface area contributed by atoms with Crippen LogP contribution < -0.4 is 10.6 Å². The summed E-state index contributed by atoms with van der Waals surface area (Å²) in [6.07, 6.45) is -14.5.